The summed E-state index contributed by atoms with van der Waals surface area (Å²) >= 11 is 0. The van der Waals surface area contributed by atoms with Crippen molar-refractivity contribution in [2.24, 2.45) is 16.8 Å². The lowest BCUT2D eigenvalue weighted by Crippen LogP contribution is -2.27. The maximum Gasteiger partial charge on any atom is 0.332 e. The van der Waals surface area contributed by atoms with Gasteiger partial charge in [0, 0.05) is 6.21 Å². The Labute approximate surface area is 111 Å². The number of carbonyl (C=O) groups is 2. The normalized spacial score (nSPS) is 12.1. The van der Waals surface area contributed by atoms with Gasteiger partial charge in [0.25, 0.3) is 0 Å². The molecule has 0 bridgehead atoms. The highest BCUT2D eigenvalue weighted by Gasteiger charge is 2.18. The molecule has 0 spiro atoms. The molecule has 2 amide bonds. The summed E-state index contributed by atoms with van der Waals surface area (Å²) in [4.78, 5) is 22.3. The zero-order chi connectivity index (χ0) is 14.1. The van der Waals surface area contributed by atoms with Gasteiger partial charge < -0.3 is 10.5 Å². The van der Waals surface area contributed by atoms with Crippen molar-refractivity contribution in [2.45, 2.75) is 13.3 Å². The number of ether oxygens (including phenoxy) is 1. The van der Waals surface area contributed by atoms with Crippen molar-refractivity contribution >= 4 is 18.2 Å². The Morgan fingerprint density at radius 2 is 2.11 bits per heavy atom. The molecular weight excluding hydrogens is 246 g/mol. The first-order chi connectivity index (χ1) is 9.13. The number of rotatable bonds is 6. The fourth-order valence-electron chi connectivity index (χ4n) is 1.51. The number of nitrogens with two attached hydrogens (primary N) is 1. The third-order valence-corrected chi connectivity index (χ3v) is 2.32. The summed E-state index contributed by atoms with van der Waals surface area (Å²) in [6, 6.07) is 8.69. The molecule has 0 radical (unpaired) electrons. The second-order valence-corrected chi connectivity index (χ2v) is 3.80. The Bertz CT molecular complexity index is 446. The quantitative estimate of drug-likeness (QED) is 0.456. The average molecular weight is 263 g/mol. The minimum absolute atomic E-state index is 0.293. The maximum atomic E-state index is 11.8. The molecule has 3 N–H and O–H groups in total. The topological polar surface area (TPSA) is 93.8 Å². The summed E-state index contributed by atoms with van der Waals surface area (Å²) in [5.41, 5.74) is 7.92. The second-order valence-electron chi connectivity index (χ2n) is 3.80. The highest BCUT2D eigenvalue weighted by molar-refractivity contribution is 5.90. The smallest absolute Gasteiger partial charge is 0.332 e. The van der Waals surface area contributed by atoms with Gasteiger partial charge >= 0.3 is 12.0 Å². The molecule has 19 heavy (non-hydrogen) atoms. The van der Waals surface area contributed by atoms with Crippen LogP contribution in [-0.2, 0) is 16.0 Å². The van der Waals surface area contributed by atoms with Crippen molar-refractivity contribution in [2.75, 3.05) is 6.61 Å². The molecule has 0 heterocycles. The number of nitrogens with zero attached hydrogens (tertiary/aromatic N) is 1. The van der Waals surface area contributed by atoms with Gasteiger partial charge in [-0.1, -0.05) is 30.3 Å². The number of urea groups is 1. The molecule has 6 heteroatoms. The molecule has 1 unspecified atom stereocenters. The predicted octanol–water partition coefficient (Wildman–Crippen LogP) is 1.06. The van der Waals surface area contributed by atoms with E-state index in [0.29, 0.717) is 13.0 Å². The number of primary amides is 1. The van der Waals surface area contributed by atoms with Crippen molar-refractivity contribution < 1.29 is 14.3 Å². The van der Waals surface area contributed by atoms with Gasteiger partial charge in [-0.15, -0.1) is 0 Å². The van der Waals surface area contributed by atoms with Gasteiger partial charge in [0.2, 0.25) is 0 Å². The van der Waals surface area contributed by atoms with E-state index >= 15 is 0 Å². The molecule has 102 valence electrons. The van der Waals surface area contributed by atoms with E-state index in [1.165, 1.54) is 6.21 Å². The summed E-state index contributed by atoms with van der Waals surface area (Å²) in [5.74, 6) is -0.949. The lowest BCUT2D eigenvalue weighted by atomic mass is 10.0. The molecule has 1 aromatic carbocycles. The first kappa shape index (κ1) is 14.7. The first-order valence-corrected chi connectivity index (χ1v) is 5.92. The van der Waals surface area contributed by atoms with Gasteiger partial charge in [-0.3, -0.25) is 4.79 Å². The van der Waals surface area contributed by atoms with E-state index in [-0.39, 0.29) is 5.97 Å². The Balaban J connectivity index is 2.71. The summed E-state index contributed by atoms with van der Waals surface area (Å²) < 4.78 is 4.96. The number of hydrogen-bond acceptors (Lipinski definition) is 4. The van der Waals surface area contributed by atoms with Crippen molar-refractivity contribution in [3.8, 4) is 0 Å². The van der Waals surface area contributed by atoms with Gasteiger partial charge in [0.15, 0.2) is 0 Å². The third kappa shape index (κ3) is 5.67. The number of amides is 2. The standard InChI is InChI=1S/C13H17N3O3/c1-2-19-12(17)11(9-15-16-13(14)18)8-10-6-4-3-5-7-10/h3-7,9,11H,2,8H2,1H3,(H3,14,16,18)/b15-9+. The molecule has 1 aromatic rings. The van der Waals surface area contributed by atoms with E-state index in [0.717, 1.165) is 5.56 Å². The molecular formula is C13H17N3O3. The molecule has 0 aliphatic heterocycles. The van der Waals surface area contributed by atoms with E-state index in [1.807, 2.05) is 30.3 Å². The Morgan fingerprint density at radius 1 is 1.42 bits per heavy atom. The molecule has 0 aromatic heterocycles. The summed E-state index contributed by atoms with van der Waals surface area (Å²) in [7, 11) is 0. The van der Waals surface area contributed by atoms with Crippen molar-refractivity contribution in [3.63, 3.8) is 0 Å². The number of benzene rings is 1. The van der Waals surface area contributed by atoms with Gasteiger partial charge in [-0.05, 0) is 18.9 Å². The lowest BCUT2D eigenvalue weighted by Gasteiger charge is -2.11. The monoisotopic (exact) mass is 263 g/mol. The molecule has 0 saturated carbocycles. The molecule has 0 saturated heterocycles. The van der Waals surface area contributed by atoms with Crippen LogP contribution in [0, 0.1) is 5.92 Å². The molecule has 6 nitrogen and oxygen atoms in total. The van der Waals surface area contributed by atoms with Crippen LogP contribution in [-0.4, -0.2) is 24.8 Å². The fraction of sp³-hybridized carbons (Fsp3) is 0.308. The van der Waals surface area contributed by atoms with Gasteiger partial charge in [-0.25, -0.2) is 10.2 Å². The Hall–Kier alpha value is -2.37. The predicted molar refractivity (Wildman–Crippen MR) is 71.5 cm³/mol. The van der Waals surface area contributed by atoms with E-state index in [4.69, 9.17) is 10.5 Å². The third-order valence-electron chi connectivity index (χ3n) is 2.32. The lowest BCUT2D eigenvalue weighted by molar-refractivity contribution is -0.145. The van der Waals surface area contributed by atoms with E-state index < -0.39 is 11.9 Å². The van der Waals surface area contributed by atoms with E-state index in [1.54, 1.807) is 6.92 Å². The fourth-order valence-corrected chi connectivity index (χ4v) is 1.51. The van der Waals surface area contributed by atoms with Gasteiger partial charge in [-0.2, -0.15) is 5.10 Å². The van der Waals surface area contributed by atoms with Gasteiger partial charge in [0.1, 0.15) is 0 Å². The number of hydrogen-bond donors (Lipinski definition) is 2. The largest absolute Gasteiger partial charge is 0.465 e. The number of carbonyl (C=O) groups excluding carboxylic acids is 2. The van der Waals surface area contributed by atoms with Crippen LogP contribution in [0.2, 0.25) is 0 Å². The zero-order valence-electron chi connectivity index (χ0n) is 10.7. The Kier molecular flexibility index (Phi) is 6.08. The van der Waals surface area contributed by atoms with Crippen LogP contribution in [0.25, 0.3) is 0 Å². The average Bonchev–Trinajstić information content (AvgIpc) is 2.38. The van der Waals surface area contributed by atoms with Crippen LogP contribution in [0.1, 0.15) is 12.5 Å². The first-order valence-electron chi connectivity index (χ1n) is 5.92. The van der Waals surface area contributed by atoms with Crippen molar-refractivity contribution in [1.29, 1.82) is 0 Å². The van der Waals surface area contributed by atoms with Crippen LogP contribution in [0.4, 0.5) is 4.79 Å². The second kappa shape index (κ2) is 7.86. The number of hydrazone groups is 1. The van der Waals surface area contributed by atoms with E-state index in [9.17, 15) is 9.59 Å². The SMILES string of the molecule is CCOC(=O)C(/C=N/NC(N)=O)Cc1ccccc1. The maximum absolute atomic E-state index is 11.8. The van der Waals surface area contributed by atoms with Crippen LogP contribution in [0.15, 0.2) is 35.4 Å². The molecule has 1 atom stereocenters. The minimum Gasteiger partial charge on any atom is -0.465 e. The summed E-state index contributed by atoms with van der Waals surface area (Å²) in [6.07, 6.45) is 1.78. The van der Waals surface area contributed by atoms with Crippen LogP contribution in [0.5, 0.6) is 0 Å². The summed E-state index contributed by atoms with van der Waals surface area (Å²) in [6.45, 7) is 2.03. The highest BCUT2D eigenvalue weighted by atomic mass is 16.5. The number of esters is 1. The minimum atomic E-state index is -0.779. The molecule has 0 aliphatic carbocycles. The van der Waals surface area contributed by atoms with Crippen molar-refractivity contribution in [3.05, 3.63) is 35.9 Å². The van der Waals surface area contributed by atoms with Crippen LogP contribution >= 0.6 is 0 Å². The molecule has 0 fully saturated rings. The van der Waals surface area contributed by atoms with E-state index in [2.05, 4.69) is 10.5 Å². The molecule has 1 rings (SSSR count). The van der Waals surface area contributed by atoms with Crippen LogP contribution < -0.4 is 11.2 Å². The van der Waals surface area contributed by atoms with Crippen molar-refractivity contribution in [1.82, 2.24) is 5.43 Å². The Morgan fingerprint density at radius 3 is 2.68 bits per heavy atom. The zero-order valence-corrected chi connectivity index (χ0v) is 10.7. The summed E-state index contributed by atoms with van der Waals surface area (Å²) in [5, 5.41) is 3.62. The number of nitrogens with one attached hydrogen (secondary N) is 1. The van der Waals surface area contributed by atoms with Gasteiger partial charge in [0.05, 0.1) is 12.5 Å². The molecule has 0 aliphatic rings. The van der Waals surface area contributed by atoms with Crippen LogP contribution in [0.3, 0.4) is 0 Å². The highest BCUT2D eigenvalue weighted by Crippen LogP contribution is 2.09.